The lowest BCUT2D eigenvalue weighted by Gasteiger charge is -2.08. The van der Waals surface area contributed by atoms with Gasteiger partial charge in [-0.1, -0.05) is 36.4 Å². The third-order valence-corrected chi connectivity index (χ3v) is 5.52. The highest BCUT2D eigenvalue weighted by molar-refractivity contribution is 5.94. The fourth-order valence-corrected chi connectivity index (χ4v) is 3.61. The predicted octanol–water partition coefficient (Wildman–Crippen LogP) is 6.28. The zero-order chi connectivity index (χ0) is 22.1. The summed E-state index contributed by atoms with van der Waals surface area (Å²) in [6, 6.07) is 25.3. The molecule has 158 valence electrons. The Bertz CT molecular complexity index is 1450. The van der Waals surface area contributed by atoms with Crippen molar-refractivity contribution in [1.29, 1.82) is 0 Å². The molecule has 0 radical (unpaired) electrons. The molecule has 0 spiro atoms. The smallest absolute Gasteiger partial charge is 0.262 e. The Morgan fingerprint density at radius 2 is 1.75 bits per heavy atom. The van der Waals surface area contributed by atoms with Gasteiger partial charge in [-0.3, -0.25) is 4.79 Å². The first kappa shape index (κ1) is 19.8. The Labute approximate surface area is 185 Å². The van der Waals surface area contributed by atoms with Gasteiger partial charge in [0.15, 0.2) is 12.2 Å². The first-order chi connectivity index (χ1) is 15.5. The number of aryl methyl sites for hydroxylation is 2. The number of carbonyl (C=O) groups excluding carboxylic acids is 1. The van der Waals surface area contributed by atoms with Crippen molar-refractivity contribution >= 4 is 33.5 Å². The van der Waals surface area contributed by atoms with Gasteiger partial charge < -0.3 is 14.5 Å². The number of aromatic nitrogens is 1. The average Bonchev–Trinajstić information content (AvgIpc) is 3.23. The molecule has 5 nitrogen and oxygen atoms in total. The number of oxazole rings is 1. The van der Waals surface area contributed by atoms with Crippen molar-refractivity contribution in [3.05, 3.63) is 90.0 Å². The van der Waals surface area contributed by atoms with Gasteiger partial charge in [0.05, 0.1) is 0 Å². The van der Waals surface area contributed by atoms with E-state index in [1.165, 1.54) is 11.1 Å². The van der Waals surface area contributed by atoms with Crippen LogP contribution in [0.4, 0.5) is 5.69 Å². The summed E-state index contributed by atoms with van der Waals surface area (Å²) in [5, 5.41) is 5.06. The largest absolute Gasteiger partial charge is 0.484 e. The third-order valence-electron chi connectivity index (χ3n) is 5.52. The molecule has 4 aromatic carbocycles. The Hall–Kier alpha value is -4.12. The van der Waals surface area contributed by atoms with Gasteiger partial charge in [-0.05, 0) is 78.2 Å². The molecule has 0 unspecified atom stereocenters. The molecule has 0 saturated heterocycles. The van der Waals surface area contributed by atoms with E-state index < -0.39 is 0 Å². The van der Waals surface area contributed by atoms with E-state index in [1.807, 2.05) is 54.6 Å². The fraction of sp³-hybridized carbons (Fsp3) is 0.111. The second-order valence-corrected chi connectivity index (χ2v) is 7.85. The summed E-state index contributed by atoms with van der Waals surface area (Å²) in [6.45, 7) is 4.06. The molecule has 0 bridgehead atoms. The second-order valence-electron chi connectivity index (χ2n) is 7.85. The summed E-state index contributed by atoms with van der Waals surface area (Å²) < 4.78 is 11.6. The van der Waals surface area contributed by atoms with Crippen molar-refractivity contribution in [2.45, 2.75) is 13.8 Å². The van der Waals surface area contributed by atoms with Crippen molar-refractivity contribution in [2.75, 3.05) is 11.9 Å². The van der Waals surface area contributed by atoms with Gasteiger partial charge in [-0.2, -0.15) is 0 Å². The molecule has 0 aliphatic carbocycles. The molecule has 0 fully saturated rings. The fourth-order valence-electron chi connectivity index (χ4n) is 3.61. The summed E-state index contributed by atoms with van der Waals surface area (Å²) in [5.41, 5.74) is 5.34. The van der Waals surface area contributed by atoms with Gasteiger partial charge in [-0.15, -0.1) is 0 Å². The summed E-state index contributed by atoms with van der Waals surface area (Å²) in [6.07, 6.45) is 0. The van der Waals surface area contributed by atoms with Crippen molar-refractivity contribution in [3.63, 3.8) is 0 Å². The number of benzene rings is 4. The molecule has 0 aliphatic heterocycles. The number of nitrogens with one attached hydrogen (secondary N) is 1. The molecule has 5 aromatic rings. The van der Waals surface area contributed by atoms with Crippen LogP contribution in [-0.4, -0.2) is 17.5 Å². The maximum atomic E-state index is 12.4. The first-order valence-electron chi connectivity index (χ1n) is 10.4. The maximum Gasteiger partial charge on any atom is 0.262 e. The average molecular weight is 422 g/mol. The monoisotopic (exact) mass is 422 g/mol. The van der Waals surface area contributed by atoms with E-state index in [2.05, 4.69) is 36.3 Å². The lowest BCUT2D eigenvalue weighted by Crippen LogP contribution is -2.20. The Balaban J connectivity index is 1.27. The Morgan fingerprint density at radius 1 is 0.906 bits per heavy atom. The van der Waals surface area contributed by atoms with Crippen LogP contribution in [0.15, 0.2) is 83.3 Å². The van der Waals surface area contributed by atoms with E-state index in [1.54, 1.807) is 12.1 Å². The molecule has 5 heteroatoms. The molecule has 1 aromatic heterocycles. The molecule has 1 heterocycles. The molecule has 1 amide bonds. The number of hydrogen-bond donors (Lipinski definition) is 1. The summed E-state index contributed by atoms with van der Waals surface area (Å²) in [5.74, 6) is 0.977. The molecule has 0 saturated carbocycles. The van der Waals surface area contributed by atoms with Crippen LogP contribution in [0.25, 0.3) is 33.3 Å². The molecule has 1 N–H and O–H groups in total. The van der Waals surface area contributed by atoms with Gasteiger partial charge in [0.1, 0.15) is 11.3 Å². The molecule has 32 heavy (non-hydrogen) atoms. The van der Waals surface area contributed by atoms with Crippen LogP contribution < -0.4 is 10.1 Å². The molecule has 0 atom stereocenters. The quantitative estimate of drug-likeness (QED) is 0.362. The van der Waals surface area contributed by atoms with Crippen LogP contribution >= 0.6 is 0 Å². The number of hydrogen-bond acceptors (Lipinski definition) is 4. The summed E-state index contributed by atoms with van der Waals surface area (Å²) >= 11 is 0. The van der Waals surface area contributed by atoms with Gasteiger partial charge in [0.2, 0.25) is 5.89 Å². The van der Waals surface area contributed by atoms with Crippen molar-refractivity contribution < 1.29 is 13.9 Å². The van der Waals surface area contributed by atoms with E-state index in [0.717, 1.165) is 16.3 Å². The van der Waals surface area contributed by atoms with Crippen LogP contribution in [0.3, 0.4) is 0 Å². The highest BCUT2D eigenvalue weighted by Gasteiger charge is 2.11. The maximum absolute atomic E-state index is 12.4. The number of ether oxygens (including phenoxy) is 1. The van der Waals surface area contributed by atoms with E-state index in [-0.39, 0.29) is 12.5 Å². The number of fused-ring (bicyclic) bond motifs is 2. The molecule has 0 aliphatic rings. The van der Waals surface area contributed by atoms with Crippen LogP contribution in [0.5, 0.6) is 5.75 Å². The van der Waals surface area contributed by atoms with E-state index >= 15 is 0 Å². The number of rotatable bonds is 5. The van der Waals surface area contributed by atoms with Gasteiger partial charge in [0.25, 0.3) is 5.91 Å². The van der Waals surface area contributed by atoms with Crippen LogP contribution in [0.2, 0.25) is 0 Å². The van der Waals surface area contributed by atoms with Crippen molar-refractivity contribution in [1.82, 2.24) is 4.98 Å². The topological polar surface area (TPSA) is 64.4 Å². The van der Waals surface area contributed by atoms with E-state index in [9.17, 15) is 4.79 Å². The number of carbonyl (C=O) groups is 1. The van der Waals surface area contributed by atoms with Crippen LogP contribution in [-0.2, 0) is 4.79 Å². The first-order valence-corrected chi connectivity index (χ1v) is 10.4. The molecular weight excluding hydrogens is 400 g/mol. The minimum absolute atomic E-state index is 0.0803. The number of nitrogens with zero attached hydrogens (tertiary/aromatic N) is 1. The standard InChI is InChI=1S/C27H22N2O3/c1-17-7-8-21(13-18(17)2)27-29-24-15-22(10-12-25(24)32-27)28-26(30)16-31-23-11-9-19-5-3-4-6-20(19)14-23/h3-15H,16H2,1-2H3,(H,28,30). The Morgan fingerprint density at radius 3 is 2.59 bits per heavy atom. The lowest BCUT2D eigenvalue weighted by molar-refractivity contribution is -0.118. The number of amides is 1. The second kappa shape index (κ2) is 8.19. The van der Waals surface area contributed by atoms with Crippen LogP contribution in [0.1, 0.15) is 11.1 Å². The van der Waals surface area contributed by atoms with E-state index in [4.69, 9.17) is 9.15 Å². The third kappa shape index (κ3) is 4.05. The SMILES string of the molecule is Cc1ccc(-c2nc3cc(NC(=O)COc4ccc5ccccc5c4)ccc3o2)cc1C. The lowest BCUT2D eigenvalue weighted by atomic mass is 10.1. The van der Waals surface area contributed by atoms with Gasteiger partial charge >= 0.3 is 0 Å². The zero-order valence-electron chi connectivity index (χ0n) is 17.9. The van der Waals surface area contributed by atoms with Crippen molar-refractivity contribution in [2.24, 2.45) is 0 Å². The highest BCUT2D eigenvalue weighted by Crippen LogP contribution is 2.27. The predicted molar refractivity (Wildman–Crippen MR) is 127 cm³/mol. The highest BCUT2D eigenvalue weighted by atomic mass is 16.5. The Kier molecular flexibility index (Phi) is 5.07. The molecule has 5 rings (SSSR count). The minimum Gasteiger partial charge on any atom is -0.484 e. The molecular formula is C27H22N2O3. The van der Waals surface area contributed by atoms with Crippen LogP contribution in [0, 0.1) is 13.8 Å². The van der Waals surface area contributed by atoms with Gasteiger partial charge in [0, 0.05) is 11.3 Å². The minimum atomic E-state index is -0.240. The normalized spacial score (nSPS) is 11.1. The summed E-state index contributed by atoms with van der Waals surface area (Å²) in [7, 11) is 0. The van der Waals surface area contributed by atoms with Crippen molar-refractivity contribution in [3.8, 4) is 17.2 Å². The number of anilines is 1. The zero-order valence-corrected chi connectivity index (χ0v) is 17.9. The van der Waals surface area contributed by atoms with E-state index in [0.29, 0.717) is 28.4 Å². The summed E-state index contributed by atoms with van der Waals surface area (Å²) in [4.78, 5) is 17.0. The van der Waals surface area contributed by atoms with Gasteiger partial charge in [-0.25, -0.2) is 4.98 Å².